The van der Waals surface area contributed by atoms with Crippen molar-refractivity contribution in [3.8, 4) is 0 Å². The fraction of sp³-hybridized carbons (Fsp3) is 0.647. The highest BCUT2D eigenvalue weighted by molar-refractivity contribution is 5.13. The summed E-state index contributed by atoms with van der Waals surface area (Å²) >= 11 is 0. The SMILES string of the molecule is CC1(C)CCCC1NCC(O)COCc1ccccc1. The lowest BCUT2D eigenvalue weighted by Gasteiger charge is -2.28. The molecule has 0 heterocycles. The van der Waals surface area contributed by atoms with Gasteiger partial charge in [-0.15, -0.1) is 0 Å². The molecule has 1 fully saturated rings. The second-order valence-corrected chi connectivity index (χ2v) is 6.50. The number of hydrogen-bond donors (Lipinski definition) is 2. The normalized spacial score (nSPS) is 22.9. The van der Waals surface area contributed by atoms with Crippen molar-refractivity contribution in [2.45, 2.75) is 51.9 Å². The highest BCUT2D eigenvalue weighted by Gasteiger charge is 2.34. The quantitative estimate of drug-likeness (QED) is 0.805. The highest BCUT2D eigenvalue weighted by Crippen LogP contribution is 2.36. The lowest BCUT2D eigenvalue weighted by Crippen LogP contribution is -2.42. The summed E-state index contributed by atoms with van der Waals surface area (Å²) in [7, 11) is 0. The Balaban J connectivity index is 1.62. The van der Waals surface area contributed by atoms with Crippen LogP contribution < -0.4 is 5.32 Å². The van der Waals surface area contributed by atoms with Crippen LogP contribution in [-0.4, -0.2) is 30.4 Å². The highest BCUT2D eigenvalue weighted by atomic mass is 16.5. The number of ether oxygens (including phenoxy) is 1. The minimum absolute atomic E-state index is 0.352. The van der Waals surface area contributed by atoms with E-state index < -0.39 is 6.10 Å². The number of rotatable bonds is 7. The maximum absolute atomic E-state index is 9.97. The van der Waals surface area contributed by atoms with Crippen LogP contribution in [0.1, 0.15) is 38.7 Å². The molecule has 1 aromatic rings. The molecule has 112 valence electrons. The third kappa shape index (κ3) is 4.58. The fourth-order valence-corrected chi connectivity index (χ4v) is 2.93. The predicted molar refractivity (Wildman–Crippen MR) is 81.5 cm³/mol. The summed E-state index contributed by atoms with van der Waals surface area (Å²) in [6.45, 7) is 6.16. The van der Waals surface area contributed by atoms with Crippen molar-refractivity contribution in [2.75, 3.05) is 13.2 Å². The molecule has 0 radical (unpaired) electrons. The molecule has 3 nitrogen and oxygen atoms in total. The number of hydrogen-bond acceptors (Lipinski definition) is 3. The van der Waals surface area contributed by atoms with Crippen molar-refractivity contribution >= 4 is 0 Å². The van der Waals surface area contributed by atoms with E-state index >= 15 is 0 Å². The first-order valence-corrected chi connectivity index (χ1v) is 7.61. The first-order valence-electron chi connectivity index (χ1n) is 7.61. The van der Waals surface area contributed by atoms with Crippen LogP contribution in [0.5, 0.6) is 0 Å². The molecule has 2 atom stereocenters. The maximum Gasteiger partial charge on any atom is 0.0897 e. The fourth-order valence-electron chi connectivity index (χ4n) is 2.93. The minimum Gasteiger partial charge on any atom is -0.389 e. The van der Waals surface area contributed by atoms with E-state index in [0.717, 1.165) is 5.56 Å². The Kier molecular flexibility index (Phi) is 5.58. The second kappa shape index (κ2) is 7.21. The Morgan fingerprint density at radius 1 is 1.35 bits per heavy atom. The zero-order valence-corrected chi connectivity index (χ0v) is 12.6. The summed E-state index contributed by atoms with van der Waals surface area (Å²) in [6.07, 6.45) is 3.33. The van der Waals surface area contributed by atoms with Gasteiger partial charge < -0.3 is 15.2 Å². The van der Waals surface area contributed by atoms with Crippen LogP contribution in [-0.2, 0) is 11.3 Å². The monoisotopic (exact) mass is 277 g/mol. The van der Waals surface area contributed by atoms with Crippen molar-refractivity contribution < 1.29 is 9.84 Å². The van der Waals surface area contributed by atoms with Gasteiger partial charge in [-0.05, 0) is 23.8 Å². The van der Waals surface area contributed by atoms with E-state index in [-0.39, 0.29) is 0 Å². The average molecular weight is 277 g/mol. The van der Waals surface area contributed by atoms with Gasteiger partial charge in [0.2, 0.25) is 0 Å². The van der Waals surface area contributed by atoms with Gasteiger partial charge in [0, 0.05) is 12.6 Å². The van der Waals surface area contributed by atoms with Gasteiger partial charge >= 0.3 is 0 Å². The molecule has 0 aromatic heterocycles. The van der Waals surface area contributed by atoms with Crippen LogP contribution >= 0.6 is 0 Å². The summed E-state index contributed by atoms with van der Waals surface area (Å²) in [5, 5.41) is 13.5. The Morgan fingerprint density at radius 2 is 2.10 bits per heavy atom. The molecule has 20 heavy (non-hydrogen) atoms. The minimum atomic E-state index is -0.435. The zero-order valence-electron chi connectivity index (χ0n) is 12.6. The average Bonchev–Trinajstić information content (AvgIpc) is 2.76. The topological polar surface area (TPSA) is 41.5 Å². The van der Waals surface area contributed by atoms with Gasteiger partial charge in [0.15, 0.2) is 0 Å². The molecule has 0 amide bonds. The lowest BCUT2D eigenvalue weighted by molar-refractivity contribution is 0.0260. The molecule has 2 unspecified atom stereocenters. The lowest BCUT2D eigenvalue weighted by atomic mass is 9.87. The van der Waals surface area contributed by atoms with Gasteiger partial charge in [0.1, 0.15) is 0 Å². The van der Waals surface area contributed by atoms with Crippen molar-refractivity contribution in [2.24, 2.45) is 5.41 Å². The summed E-state index contributed by atoms with van der Waals surface area (Å²) < 4.78 is 5.56. The second-order valence-electron chi connectivity index (χ2n) is 6.50. The number of aliphatic hydroxyl groups excluding tert-OH is 1. The van der Waals surface area contributed by atoms with E-state index in [1.54, 1.807) is 0 Å². The Labute approximate surface area is 122 Å². The molecule has 0 bridgehead atoms. The Morgan fingerprint density at radius 3 is 2.75 bits per heavy atom. The molecule has 1 aliphatic carbocycles. The zero-order chi connectivity index (χ0) is 14.4. The van der Waals surface area contributed by atoms with Gasteiger partial charge in [-0.1, -0.05) is 50.6 Å². The molecule has 0 spiro atoms. The summed E-state index contributed by atoms with van der Waals surface area (Å²) in [4.78, 5) is 0. The van der Waals surface area contributed by atoms with Crippen molar-refractivity contribution in [3.63, 3.8) is 0 Å². The van der Waals surface area contributed by atoms with Crippen LogP contribution in [0, 0.1) is 5.41 Å². The molecule has 1 aliphatic rings. The molecular weight excluding hydrogens is 250 g/mol. The Hall–Kier alpha value is -0.900. The third-order valence-corrected chi connectivity index (χ3v) is 4.28. The van der Waals surface area contributed by atoms with E-state index in [1.807, 2.05) is 30.3 Å². The van der Waals surface area contributed by atoms with Crippen LogP contribution in [0.2, 0.25) is 0 Å². The van der Waals surface area contributed by atoms with E-state index in [2.05, 4.69) is 19.2 Å². The van der Waals surface area contributed by atoms with E-state index in [9.17, 15) is 5.11 Å². The summed E-state index contributed by atoms with van der Waals surface area (Å²) in [6, 6.07) is 10.6. The predicted octanol–water partition coefficient (Wildman–Crippen LogP) is 2.73. The molecule has 0 saturated heterocycles. The standard InChI is InChI=1S/C17H27NO2/c1-17(2)10-6-9-16(17)18-11-15(19)13-20-12-14-7-4-3-5-8-14/h3-5,7-8,15-16,18-19H,6,9-13H2,1-2H3. The number of benzene rings is 1. The third-order valence-electron chi connectivity index (χ3n) is 4.28. The molecular formula is C17H27NO2. The summed E-state index contributed by atoms with van der Waals surface area (Å²) in [5.41, 5.74) is 1.49. The largest absolute Gasteiger partial charge is 0.389 e. The van der Waals surface area contributed by atoms with Crippen LogP contribution in [0.4, 0.5) is 0 Å². The van der Waals surface area contributed by atoms with Gasteiger partial charge in [-0.2, -0.15) is 0 Å². The van der Waals surface area contributed by atoms with Gasteiger partial charge in [-0.3, -0.25) is 0 Å². The number of aliphatic hydroxyl groups is 1. The molecule has 1 saturated carbocycles. The molecule has 3 heteroatoms. The first kappa shape index (κ1) is 15.5. The van der Waals surface area contributed by atoms with Gasteiger partial charge in [-0.25, -0.2) is 0 Å². The van der Waals surface area contributed by atoms with Crippen molar-refractivity contribution in [1.82, 2.24) is 5.32 Å². The number of nitrogens with one attached hydrogen (secondary N) is 1. The van der Waals surface area contributed by atoms with Crippen LogP contribution in [0.3, 0.4) is 0 Å². The van der Waals surface area contributed by atoms with Gasteiger partial charge in [0.25, 0.3) is 0 Å². The molecule has 0 aliphatic heterocycles. The van der Waals surface area contributed by atoms with E-state index in [4.69, 9.17) is 4.74 Å². The molecule has 2 N–H and O–H groups in total. The maximum atomic E-state index is 9.97. The summed E-state index contributed by atoms with van der Waals surface area (Å²) in [5.74, 6) is 0. The Bertz CT molecular complexity index is 391. The molecule has 1 aromatic carbocycles. The van der Waals surface area contributed by atoms with Crippen molar-refractivity contribution in [1.29, 1.82) is 0 Å². The smallest absolute Gasteiger partial charge is 0.0897 e. The first-order chi connectivity index (χ1) is 9.58. The van der Waals surface area contributed by atoms with E-state index in [0.29, 0.717) is 31.2 Å². The van der Waals surface area contributed by atoms with Crippen LogP contribution in [0.15, 0.2) is 30.3 Å². The van der Waals surface area contributed by atoms with Gasteiger partial charge in [0.05, 0.1) is 19.3 Å². The van der Waals surface area contributed by atoms with E-state index in [1.165, 1.54) is 19.3 Å². The molecule has 2 rings (SSSR count). The van der Waals surface area contributed by atoms with Crippen LogP contribution in [0.25, 0.3) is 0 Å². The van der Waals surface area contributed by atoms with Crippen molar-refractivity contribution in [3.05, 3.63) is 35.9 Å².